The first-order chi connectivity index (χ1) is 14.6. The van der Waals surface area contributed by atoms with Gasteiger partial charge in [-0.1, -0.05) is 24.1 Å². The van der Waals surface area contributed by atoms with Gasteiger partial charge in [0.15, 0.2) is 0 Å². The number of rotatable bonds is 2. The topological polar surface area (TPSA) is 61.9 Å². The van der Waals surface area contributed by atoms with Crippen LogP contribution in [0, 0.1) is 11.8 Å². The molecule has 0 radical (unpaired) electrons. The number of carbonyl (C=O) groups excluding carboxylic acids is 2. The van der Waals surface area contributed by atoms with Crippen LogP contribution < -0.4 is 5.32 Å². The highest BCUT2D eigenvalue weighted by atomic mass is 16.5. The molecule has 4 aliphatic rings. The number of nitrogens with one attached hydrogen (secondary N) is 1. The van der Waals surface area contributed by atoms with Gasteiger partial charge in [-0.15, -0.1) is 0 Å². The molecule has 3 aliphatic heterocycles. The van der Waals surface area contributed by atoms with Crippen molar-refractivity contribution in [2.75, 3.05) is 32.1 Å². The Bertz CT molecular complexity index is 867. The van der Waals surface area contributed by atoms with Crippen molar-refractivity contribution in [1.82, 2.24) is 9.80 Å². The van der Waals surface area contributed by atoms with E-state index in [1.165, 1.54) is 44.9 Å². The zero-order chi connectivity index (χ0) is 20.7. The lowest BCUT2D eigenvalue weighted by Crippen LogP contribution is -2.60. The van der Waals surface area contributed by atoms with Gasteiger partial charge in [0.25, 0.3) is 0 Å². The molecule has 3 saturated heterocycles. The minimum absolute atomic E-state index is 0.0631. The predicted octanol–water partition coefficient (Wildman–Crippen LogP) is 3.90. The van der Waals surface area contributed by atoms with Crippen LogP contribution in [0.25, 0.3) is 0 Å². The summed E-state index contributed by atoms with van der Waals surface area (Å²) in [6.07, 6.45) is 9.86. The number of piperidine rings is 3. The highest BCUT2D eigenvalue weighted by molar-refractivity contribution is 5.94. The van der Waals surface area contributed by atoms with E-state index in [4.69, 9.17) is 4.74 Å². The van der Waals surface area contributed by atoms with Gasteiger partial charge in [-0.25, -0.2) is 9.59 Å². The fraction of sp³-hybridized carbons (Fsp3) is 0.583. The quantitative estimate of drug-likeness (QED) is 0.594. The van der Waals surface area contributed by atoms with Gasteiger partial charge in [-0.3, -0.25) is 4.90 Å². The molecule has 30 heavy (non-hydrogen) atoms. The normalized spacial score (nSPS) is 30.6. The van der Waals surface area contributed by atoms with Crippen molar-refractivity contribution in [3.8, 4) is 0 Å². The number of amides is 2. The number of hydrogen-bond acceptors (Lipinski definition) is 4. The monoisotopic (exact) mass is 409 g/mol. The third kappa shape index (κ3) is 3.51. The van der Waals surface area contributed by atoms with E-state index in [1.54, 1.807) is 18.2 Å². The Morgan fingerprint density at radius 3 is 2.93 bits per heavy atom. The summed E-state index contributed by atoms with van der Waals surface area (Å²) < 4.78 is 4.80. The van der Waals surface area contributed by atoms with Gasteiger partial charge in [0.05, 0.1) is 18.7 Å². The fourth-order valence-electron chi connectivity index (χ4n) is 6.24. The average Bonchev–Trinajstić information content (AvgIpc) is 2.78. The molecule has 3 fully saturated rings. The molecule has 3 heterocycles. The van der Waals surface area contributed by atoms with Gasteiger partial charge in [-0.2, -0.15) is 0 Å². The molecule has 2 unspecified atom stereocenters. The number of esters is 1. The van der Waals surface area contributed by atoms with Gasteiger partial charge in [0.2, 0.25) is 0 Å². The van der Waals surface area contributed by atoms with Crippen LogP contribution in [0.5, 0.6) is 0 Å². The molecule has 1 aromatic rings. The number of urea groups is 1. The number of carbonyl (C=O) groups is 2. The molecular weight excluding hydrogens is 378 g/mol. The Kier molecular flexibility index (Phi) is 5.27. The van der Waals surface area contributed by atoms with Crippen LogP contribution in [-0.2, 0) is 4.74 Å². The van der Waals surface area contributed by atoms with Crippen molar-refractivity contribution < 1.29 is 14.3 Å². The van der Waals surface area contributed by atoms with Crippen molar-refractivity contribution in [2.24, 2.45) is 11.8 Å². The highest BCUT2D eigenvalue weighted by Crippen LogP contribution is 2.45. The lowest BCUT2D eigenvalue weighted by atomic mass is 9.68. The van der Waals surface area contributed by atoms with E-state index in [9.17, 15) is 9.59 Å². The van der Waals surface area contributed by atoms with Crippen LogP contribution in [-0.4, -0.2) is 60.6 Å². The molecule has 6 nitrogen and oxygen atoms in total. The minimum atomic E-state index is -0.397. The Labute approximate surface area is 178 Å². The number of nitrogens with zero attached hydrogens (tertiary/aromatic N) is 2. The Morgan fingerprint density at radius 2 is 2.07 bits per heavy atom. The molecule has 4 atom stereocenters. The summed E-state index contributed by atoms with van der Waals surface area (Å²) in [5, 5.41) is 3.03. The van der Waals surface area contributed by atoms with Crippen LogP contribution in [0.1, 0.15) is 48.9 Å². The largest absolute Gasteiger partial charge is 0.465 e. The first-order valence-electron chi connectivity index (χ1n) is 11.3. The summed E-state index contributed by atoms with van der Waals surface area (Å²) in [4.78, 5) is 29.8. The van der Waals surface area contributed by atoms with E-state index in [1.807, 2.05) is 11.0 Å². The molecule has 0 spiro atoms. The number of hydrogen-bond donors (Lipinski definition) is 1. The maximum absolute atomic E-state index is 13.3. The second-order valence-electron chi connectivity index (χ2n) is 9.20. The summed E-state index contributed by atoms with van der Waals surface area (Å²) in [5.41, 5.74) is 2.55. The van der Waals surface area contributed by atoms with E-state index >= 15 is 0 Å². The van der Waals surface area contributed by atoms with Crippen LogP contribution in [0.4, 0.5) is 10.5 Å². The smallest absolute Gasteiger partial charge is 0.337 e. The molecule has 6 heteroatoms. The zero-order valence-corrected chi connectivity index (χ0v) is 17.7. The first-order valence-corrected chi connectivity index (χ1v) is 11.3. The summed E-state index contributed by atoms with van der Waals surface area (Å²) in [5.74, 6) is 0.790. The van der Waals surface area contributed by atoms with Crippen LogP contribution in [0.2, 0.25) is 0 Å². The summed E-state index contributed by atoms with van der Waals surface area (Å²) >= 11 is 0. The lowest BCUT2D eigenvalue weighted by molar-refractivity contribution is 0.00908. The second kappa shape index (κ2) is 8.06. The Morgan fingerprint density at radius 1 is 1.17 bits per heavy atom. The molecule has 5 rings (SSSR count). The van der Waals surface area contributed by atoms with Gasteiger partial charge < -0.3 is 15.0 Å². The summed E-state index contributed by atoms with van der Waals surface area (Å²) in [6.45, 7) is 3.11. The first kappa shape index (κ1) is 19.6. The molecular formula is C24H31N3O3. The van der Waals surface area contributed by atoms with Gasteiger partial charge in [-0.05, 0) is 68.7 Å². The van der Waals surface area contributed by atoms with E-state index in [0.717, 1.165) is 25.9 Å². The van der Waals surface area contributed by atoms with Gasteiger partial charge >= 0.3 is 12.0 Å². The lowest BCUT2D eigenvalue weighted by Gasteiger charge is -2.54. The van der Waals surface area contributed by atoms with Crippen molar-refractivity contribution in [3.63, 3.8) is 0 Å². The van der Waals surface area contributed by atoms with E-state index in [-0.39, 0.29) is 12.1 Å². The zero-order valence-electron chi connectivity index (χ0n) is 17.7. The van der Waals surface area contributed by atoms with Gasteiger partial charge in [0, 0.05) is 24.8 Å². The molecule has 1 N–H and O–H groups in total. The molecule has 1 aliphatic carbocycles. The number of benzene rings is 1. The fourth-order valence-corrected chi connectivity index (χ4v) is 6.24. The van der Waals surface area contributed by atoms with Crippen LogP contribution >= 0.6 is 0 Å². The SMILES string of the molecule is COC(=O)c1cccc(NC(=O)N2CCCC3=CC4CC(CN5CCCC[C@H]45)[C@@H]32)c1. The maximum Gasteiger partial charge on any atom is 0.337 e. The van der Waals surface area contributed by atoms with Crippen molar-refractivity contribution in [1.29, 1.82) is 0 Å². The third-order valence-electron chi connectivity index (χ3n) is 7.45. The molecule has 2 amide bonds. The minimum Gasteiger partial charge on any atom is -0.465 e. The van der Waals surface area contributed by atoms with E-state index in [0.29, 0.717) is 29.1 Å². The van der Waals surface area contributed by atoms with E-state index in [2.05, 4.69) is 16.3 Å². The Balaban J connectivity index is 1.36. The summed E-state index contributed by atoms with van der Waals surface area (Å²) in [7, 11) is 1.36. The Hall–Kier alpha value is -2.34. The second-order valence-corrected chi connectivity index (χ2v) is 9.20. The average molecular weight is 410 g/mol. The van der Waals surface area contributed by atoms with Crippen molar-refractivity contribution >= 4 is 17.7 Å². The van der Waals surface area contributed by atoms with Crippen LogP contribution in [0.3, 0.4) is 0 Å². The molecule has 0 aromatic heterocycles. The molecule has 0 saturated carbocycles. The van der Waals surface area contributed by atoms with Crippen LogP contribution in [0.15, 0.2) is 35.9 Å². The number of anilines is 1. The third-order valence-corrected chi connectivity index (χ3v) is 7.45. The van der Waals surface area contributed by atoms with E-state index < -0.39 is 5.97 Å². The maximum atomic E-state index is 13.3. The number of likely N-dealkylation sites (tertiary alicyclic amines) is 1. The molecule has 160 valence electrons. The predicted molar refractivity (Wildman–Crippen MR) is 115 cm³/mol. The number of fused-ring (bicyclic) bond motifs is 6. The van der Waals surface area contributed by atoms with Gasteiger partial charge in [0.1, 0.15) is 0 Å². The standard InChI is InChI=1S/C24H31N3O3/c1-30-23(28)17-6-4-8-20(14-17)25-24(29)27-11-5-7-16-12-18-13-19(22(16)27)15-26-10-3-2-9-21(18)26/h4,6,8,12,14,18-19,21-22H,2-3,5,7,9-11,13,15H2,1H3,(H,25,29)/t18?,19?,21-,22-/m1/s1. The van der Waals surface area contributed by atoms with Crippen molar-refractivity contribution in [3.05, 3.63) is 41.5 Å². The highest BCUT2D eigenvalue weighted by Gasteiger charge is 2.46. The number of methoxy groups -OCH3 is 1. The number of ether oxygens (including phenoxy) is 1. The summed E-state index contributed by atoms with van der Waals surface area (Å²) in [6, 6.07) is 7.83. The molecule has 1 aromatic carbocycles. The molecule has 2 bridgehead atoms. The van der Waals surface area contributed by atoms with Crippen molar-refractivity contribution in [2.45, 2.75) is 50.6 Å².